The number of para-hydroxylation sites is 1. The van der Waals surface area contributed by atoms with Crippen LogP contribution >= 0.6 is 0 Å². The van der Waals surface area contributed by atoms with Crippen molar-refractivity contribution >= 4 is 17.8 Å². The van der Waals surface area contributed by atoms with Crippen molar-refractivity contribution in [3.8, 4) is 0 Å². The fourth-order valence-electron chi connectivity index (χ4n) is 4.18. The van der Waals surface area contributed by atoms with Gasteiger partial charge in [0, 0.05) is 30.7 Å². The maximum Gasteiger partial charge on any atom is 0.410 e. The molecule has 6 heteroatoms. The van der Waals surface area contributed by atoms with Crippen LogP contribution < -0.4 is 10.6 Å². The van der Waals surface area contributed by atoms with Crippen LogP contribution in [0.15, 0.2) is 24.3 Å². The Morgan fingerprint density at radius 1 is 1.08 bits per heavy atom. The van der Waals surface area contributed by atoms with Crippen LogP contribution in [0.1, 0.15) is 52.0 Å². The van der Waals surface area contributed by atoms with Gasteiger partial charge in [-0.05, 0) is 58.1 Å². The summed E-state index contributed by atoms with van der Waals surface area (Å²) in [6.45, 7) is 7.63. The average molecular weight is 359 g/mol. The van der Waals surface area contributed by atoms with E-state index in [1.165, 1.54) is 5.56 Å². The van der Waals surface area contributed by atoms with E-state index in [0.717, 1.165) is 31.4 Å². The summed E-state index contributed by atoms with van der Waals surface area (Å²) < 4.78 is 5.51. The second kappa shape index (κ2) is 6.82. The van der Waals surface area contributed by atoms with Gasteiger partial charge in [-0.3, -0.25) is 4.90 Å². The first-order valence-electron chi connectivity index (χ1n) is 9.36. The molecule has 3 amide bonds. The Balaban J connectivity index is 1.82. The maximum atomic E-state index is 12.4. The number of amides is 3. The molecule has 26 heavy (non-hydrogen) atoms. The zero-order chi connectivity index (χ0) is 18.9. The fraction of sp³-hybridized carbons (Fsp3) is 0.600. The Morgan fingerprint density at radius 3 is 2.35 bits per heavy atom. The number of primary amides is 1. The first-order chi connectivity index (χ1) is 12.2. The summed E-state index contributed by atoms with van der Waals surface area (Å²) >= 11 is 0. The molecule has 0 aromatic heterocycles. The number of piperidine rings is 1. The Hall–Kier alpha value is -2.24. The molecule has 0 radical (unpaired) electrons. The summed E-state index contributed by atoms with van der Waals surface area (Å²) in [5, 5.41) is 0. The van der Waals surface area contributed by atoms with Gasteiger partial charge >= 0.3 is 12.1 Å². The number of likely N-dealkylation sites (tertiary alicyclic amines) is 1. The Kier molecular flexibility index (Phi) is 4.86. The first kappa shape index (κ1) is 18.5. The van der Waals surface area contributed by atoms with Crippen molar-refractivity contribution in [2.45, 2.75) is 57.5 Å². The van der Waals surface area contributed by atoms with Crippen molar-refractivity contribution in [2.75, 3.05) is 24.5 Å². The first-order valence-corrected chi connectivity index (χ1v) is 9.36. The van der Waals surface area contributed by atoms with E-state index in [9.17, 15) is 9.59 Å². The van der Waals surface area contributed by atoms with Crippen molar-refractivity contribution in [3.05, 3.63) is 29.8 Å². The van der Waals surface area contributed by atoms with Gasteiger partial charge in [-0.15, -0.1) is 0 Å². The molecule has 1 aromatic carbocycles. The number of fused-ring (bicyclic) bond motifs is 2. The van der Waals surface area contributed by atoms with Crippen molar-refractivity contribution in [1.29, 1.82) is 0 Å². The number of carbonyl (C=O) groups excluding carboxylic acids is 2. The molecule has 6 nitrogen and oxygen atoms in total. The Morgan fingerprint density at radius 2 is 1.73 bits per heavy atom. The maximum absolute atomic E-state index is 12.4. The highest BCUT2D eigenvalue weighted by atomic mass is 16.6. The lowest BCUT2D eigenvalue weighted by Gasteiger charge is -2.42. The molecule has 1 aromatic rings. The number of benzene rings is 1. The molecule has 2 heterocycles. The molecule has 1 fully saturated rings. The summed E-state index contributed by atoms with van der Waals surface area (Å²) in [6.07, 6.45) is 3.40. The molecule has 0 bridgehead atoms. The summed E-state index contributed by atoms with van der Waals surface area (Å²) in [6, 6.07) is 7.66. The molecule has 2 aliphatic rings. The second-order valence-electron chi connectivity index (χ2n) is 8.36. The summed E-state index contributed by atoms with van der Waals surface area (Å²) in [5.74, 6) is 0. The zero-order valence-electron chi connectivity index (χ0n) is 16.0. The molecule has 1 saturated heterocycles. The fourth-order valence-corrected chi connectivity index (χ4v) is 4.18. The van der Waals surface area contributed by atoms with Crippen LogP contribution in [0.4, 0.5) is 15.3 Å². The van der Waals surface area contributed by atoms with Gasteiger partial charge in [-0.2, -0.15) is 0 Å². The predicted molar refractivity (Wildman–Crippen MR) is 101 cm³/mol. The number of rotatable bonds is 0. The average Bonchev–Trinajstić information content (AvgIpc) is 2.72. The third kappa shape index (κ3) is 3.64. The van der Waals surface area contributed by atoms with E-state index in [1.807, 2.05) is 39.0 Å². The van der Waals surface area contributed by atoms with Gasteiger partial charge in [-0.1, -0.05) is 18.2 Å². The summed E-state index contributed by atoms with van der Waals surface area (Å²) in [7, 11) is 0. The molecule has 3 rings (SSSR count). The standard InChI is InChI=1S/C20H29N3O3/c1-19(2,3)26-18(25)22-13-10-20(11-14-22)9-6-12-23(17(21)24)16-8-5-4-7-15(16)20/h4-5,7-8H,6,9-14H2,1-3H3,(H2,21,24). The smallest absolute Gasteiger partial charge is 0.410 e. The lowest BCUT2D eigenvalue weighted by molar-refractivity contribution is 0.0159. The number of nitrogens with zero attached hydrogens (tertiary/aromatic N) is 2. The van der Waals surface area contributed by atoms with Gasteiger partial charge in [0.1, 0.15) is 5.60 Å². The molecule has 142 valence electrons. The Labute approximate surface area is 155 Å². The van der Waals surface area contributed by atoms with Crippen LogP contribution in [0.3, 0.4) is 0 Å². The molecule has 2 aliphatic heterocycles. The molecular formula is C20H29N3O3. The van der Waals surface area contributed by atoms with Crippen molar-refractivity contribution in [1.82, 2.24) is 4.90 Å². The van der Waals surface area contributed by atoms with Crippen molar-refractivity contribution < 1.29 is 14.3 Å². The number of anilines is 1. The molecule has 0 saturated carbocycles. The van der Waals surface area contributed by atoms with E-state index in [4.69, 9.17) is 10.5 Å². The van der Waals surface area contributed by atoms with E-state index >= 15 is 0 Å². The highest BCUT2D eigenvalue weighted by molar-refractivity contribution is 5.92. The molecule has 2 N–H and O–H groups in total. The minimum Gasteiger partial charge on any atom is -0.444 e. The number of hydrogen-bond acceptors (Lipinski definition) is 3. The lowest BCUT2D eigenvalue weighted by Crippen LogP contribution is -2.46. The van der Waals surface area contributed by atoms with Gasteiger partial charge in [0.25, 0.3) is 0 Å². The number of nitrogens with two attached hydrogens (primary N) is 1. The molecule has 0 atom stereocenters. The Bertz CT molecular complexity index is 688. The molecular weight excluding hydrogens is 330 g/mol. The van der Waals surface area contributed by atoms with E-state index in [1.54, 1.807) is 9.80 Å². The second-order valence-corrected chi connectivity index (χ2v) is 8.36. The van der Waals surface area contributed by atoms with E-state index in [-0.39, 0.29) is 11.5 Å². The third-order valence-electron chi connectivity index (χ3n) is 5.44. The highest BCUT2D eigenvalue weighted by Gasteiger charge is 2.41. The summed E-state index contributed by atoms with van der Waals surface area (Å²) in [4.78, 5) is 27.8. The predicted octanol–water partition coefficient (Wildman–Crippen LogP) is 3.63. The van der Waals surface area contributed by atoms with Gasteiger partial charge in [0.05, 0.1) is 0 Å². The number of urea groups is 1. The number of hydrogen-bond donors (Lipinski definition) is 1. The van der Waals surface area contributed by atoms with Crippen LogP contribution in [-0.4, -0.2) is 42.3 Å². The SMILES string of the molecule is CC(C)(C)OC(=O)N1CCC2(CCCN(C(N)=O)c3ccccc32)CC1. The van der Waals surface area contributed by atoms with E-state index in [0.29, 0.717) is 19.6 Å². The minimum atomic E-state index is -0.483. The van der Waals surface area contributed by atoms with Crippen LogP contribution in [0, 0.1) is 0 Å². The van der Waals surface area contributed by atoms with Crippen LogP contribution in [0.2, 0.25) is 0 Å². The number of carbonyl (C=O) groups is 2. The van der Waals surface area contributed by atoms with Gasteiger partial charge in [-0.25, -0.2) is 9.59 Å². The highest BCUT2D eigenvalue weighted by Crippen LogP contribution is 2.45. The molecule has 1 spiro atoms. The van der Waals surface area contributed by atoms with E-state index < -0.39 is 11.6 Å². The normalized spacial score (nSPS) is 19.7. The quantitative estimate of drug-likeness (QED) is 0.768. The van der Waals surface area contributed by atoms with Gasteiger partial charge < -0.3 is 15.4 Å². The van der Waals surface area contributed by atoms with Crippen LogP contribution in [0.25, 0.3) is 0 Å². The minimum absolute atomic E-state index is 0.0146. The third-order valence-corrected chi connectivity index (χ3v) is 5.44. The van der Waals surface area contributed by atoms with Gasteiger partial charge in [0.2, 0.25) is 0 Å². The van der Waals surface area contributed by atoms with Crippen molar-refractivity contribution in [2.24, 2.45) is 5.73 Å². The number of ether oxygens (including phenoxy) is 1. The molecule has 0 aliphatic carbocycles. The molecule has 0 unspecified atom stereocenters. The monoisotopic (exact) mass is 359 g/mol. The van der Waals surface area contributed by atoms with Crippen LogP contribution in [-0.2, 0) is 10.2 Å². The van der Waals surface area contributed by atoms with Crippen LogP contribution in [0.5, 0.6) is 0 Å². The van der Waals surface area contributed by atoms with Crippen molar-refractivity contribution in [3.63, 3.8) is 0 Å². The van der Waals surface area contributed by atoms with E-state index in [2.05, 4.69) is 6.07 Å². The topological polar surface area (TPSA) is 75.9 Å². The largest absolute Gasteiger partial charge is 0.444 e. The lowest BCUT2D eigenvalue weighted by atomic mass is 9.70. The van der Waals surface area contributed by atoms with Gasteiger partial charge in [0.15, 0.2) is 0 Å². The zero-order valence-corrected chi connectivity index (χ0v) is 16.0. The summed E-state index contributed by atoms with van der Waals surface area (Å²) in [5.41, 5.74) is 7.21.